The van der Waals surface area contributed by atoms with E-state index in [1.165, 1.54) is 5.01 Å². The van der Waals surface area contributed by atoms with Crippen LogP contribution in [0.5, 0.6) is 0 Å². The van der Waals surface area contributed by atoms with Gasteiger partial charge in [-0.05, 0) is 12.8 Å². The highest BCUT2D eigenvalue weighted by atomic mass is 16.4. The molecule has 6 heteroatoms. The second kappa shape index (κ2) is 5.16. The standard InChI is InChI=1S/C10H19N3O3/c1-13(2)12-9(16)11-7-10(8(14)15)5-3-4-6-10/h3-7H2,1-2H3,(H,14,15)(H2,11,12,16). The summed E-state index contributed by atoms with van der Waals surface area (Å²) < 4.78 is 0. The van der Waals surface area contributed by atoms with Gasteiger partial charge in [-0.25, -0.2) is 9.80 Å². The third-order valence-corrected chi connectivity index (χ3v) is 2.93. The zero-order chi connectivity index (χ0) is 12.2. The van der Waals surface area contributed by atoms with Crippen LogP contribution in [-0.2, 0) is 4.79 Å². The lowest BCUT2D eigenvalue weighted by Gasteiger charge is -2.24. The molecule has 16 heavy (non-hydrogen) atoms. The van der Waals surface area contributed by atoms with Gasteiger partial charge in [0.05, 0.1) is 5.41 Å². The second-order valence-electron chi connectivity index (χ2n) is 4.48. The molecule has 0 spiro atoms. The summed E-state index contributed by atoms with van der Waals surface area (Å²) in [5.74, 6) is -0.810. The summed E-state index contributed by atoms with van der Waals surface area (Å²) in [5, 5.41) is 13.3. The Hall–Kier alpha value is -1.30. The van der Waals surface area contributed by atoms with Crippen LogP contribution in [0.3, 0.4) is 0 Å². The molecule has 1 fully saturated rings. The van der Waals surface area contributed by atoms with Crippen LogP contribution in [0, 0.1) is 5.41 Å². The second-order valence-corrected chi connectivity index (χ2v) is 4.48. The molecule has 0 atom stereocenters. The average molecular weight is 229 g/mol. The number of carboxylic acids is 1. The molecule has 1 aliphatic rings. The number of carbonyl (C=O) groups excluding carboxylic acids is 1. The van der Waals surface area contributed by atoms with Crippen molar-refractivity contribution in [1.29, 1.82) is 0 Å². The van der Waals surface area contributed by atoms with E-state index in [4.69, 9.17) is 0 Å². The number of carbonyl (C=O) groups is 2. The third-order valence-electron chi connectivity index (χ3n) is 2.93. The largest absolute Gasteiger partial charge is 0.481 e. The van der Waals surface area contributed by atoms with Crippen molar-refractivity contribution >= 4 is 12.0 Å². The minimum atomic E-state index is -0.810. The lowest BCUT2D eigenvalue weighted by Crippen LogP contribution is -2.48. The predicted octanol–water partition coefficient (Wildman–Crippen LogP) is 0.407. The topological polar surface area (TPSA) is 81.7 Å². The van der Waals surface area contributed by atoms with Gasteiger partial charge in [0.25, 0.3) is 0 Å². The first kappa shape index (κ1) is 12.8. The number of rotatable bonds is 4. The van der Waals surface area contributed by atoms with E-state index in [2.05, 4.69) is 10.7 Å². The maximum absolute atomic E-state index is 11.3. The fraction of sp³-hybridized carbons (Fsp3) is 0.800. The number of hydrogen-bond acceptors (Lipinski definition) is 3. The number of aliphatic carboxylic acids is 1. The molecule has 0 aromatic heterocycles. The monoisotopic (exact) mass is 229 g/mol. The molecule has 0 aromatic rings. The Morgan fingerprint density at radius 3 is 2.31 bits per heavy atom. The first-order valence-electron chi connectivity index (χ1n) is 5.41. The van der Waals surface area contributed by atoms with Gasteiger partial charge < -0.3 is 10.4 Å². The lowest BCUT2D eigenvalue weighted by atomic mass is 9.86. The summed E-state index contributed by atoms with van der Waals surface area (Å²) >= 11 is 0. The summed E-state index contributed by atoms with van der Waals surface area (Å²) in [6.07, 6.45) is 3.13. The highest BCUT2D eigenvalue weighted by molar-refractivity contribution is 5.78. The van der Waals surface area contributed by atoms with E-state index in [0.717, 1.165) is 12.8 Å². The van der Waals surface area contributed by atoms with Gasteiger partial charge in [0.15, 0.2) is 0 Å². The van der Waals surface area contributed by atoms with Gasteiger partial charge in [0.1, 0.15) is 0 Å². The van der Waals surface area contributed by atoms with Crippen molar-refractivity contribution in [3.63, 3.8) is 0 Å². The molecule has 0 radical (unpaired) electrons. The van der Waals surface area contributed by atoms with Crippen molar-refractivity contribution in [2.75, 3.05) is 20.6 Å². The van der Waals surface area contributed by atoms with E-state index in [0.29, 0.717) is 12.8 Å². The summed E-state index contributed by atoms with van der Waals surface area (Å²) in [5.41, 5.74) is 1.75. The van der Waals surface area contributed by atoms with Crippen LogP contribution in [0.2, 0.25) is 0 Å². The highest BCUT2D eigenvalue weighted by Gasteiger charge is 2.41. The van der Waals surface area contributed by atoms with Crippen LogP contribution in [-0.4, -0.2) is 42.8 Å². The minimum absolute atomic E-state index is 0.196. The van der Waals surface area contributed by atoms with Gasteiger partial charge in [0.2, 0.25) is 0 Å². The number of nitrogens with zero attached hydrogens (tertiary/aromatic N) is 1. The molecule has 0 bridgehead atoms. The zero-order valence-electron chi connectivity index (χ0n) is 9.75. The maximum Gasteiger partial charge on any atom is 0.329 e. The molecule has 92 valence electrons. The van der Waals surface area contributed by atoms with Crippen LogP contribution in [0.1, 0.15) is 25.7 Å². The van der Waals surface area contributed by atoms with Crippen LogP contribution in [0.25, 0.3) is 0 Å². The molecule has 1 aliphatic carbocycles. The Morgan fingerprint density at radius 1 is 1.31 bits per heavy atom. The molecule has 0 aromatic carbocycles. The summed E-state index contributed by atoms with van der Waals surface area (Å²) in [6.45, 7) is 0.196. The normalized spacial score (nSPS) is 18.4. The number of amides is 2. The van der Waals surface area contributed by atoms with Gasteiger partial charge in [-0.15, -0.1) is 0 Å². The fourth-order valence-electron chi connectivity index (χ4n) is 2.01. The summed E-state index contributed by atoms with van der Waals surface area (Å²) in [7, 11) is 3.39. The van der Waals surface area contributed by atoms with E-state index in [-0.39, 0.29) is 12.6 Å². The molecule has 1 saturated carbocycles. The number of urea groups is 1. The van der Waals surface area contributed by atoms with E-state index < -0.39 is 11.4 Å². The Bertz CT molecular complexity index is 272. The molecule has 0 unspecified atom stereocenters. The van der Waals surface area contributed by atoms with Crippen molar-refractivity contribution in [2.24, 2.45) is 5.41 Å². The number of carboxylic acid groups (broad SMARTS) is 1. The molecular formula is C10H19N3O3. The first-order valence-corrected chi connectivity index (χ1v) is 5.41. The molecule has 0 saturated heterocycles. The van der Waals surface area contributed by atoms with E-state index in [1.807, 2.05) is 0 Å². The lowest BCUT2D eigenvalue weighted by molar-refractivity contribution is -0.148. The minimum Gasteiger partial charge on any atom is -0.481 e. The van der Waals surface area contributed by atoms with Gasteiger partial charge in [-0.2, -0.15) is 0 Å². The van der Waals surface area contributed by atoms with Crippen LogP contribution in [0.15, 0.2) is 0 Å². The molecule has 0 aliphatic heterocycles. The molecule has 1 rings (SSSR count). The van der Waals surface area contributed by atoms with Crippen LogP contribution in [0.4, 0.5) is 4.79 Å². The van der Waals surface area contributed by atoms with Crippen molar-refractivity contribution in [1.82, 2.24) is 15.8 Å². The quantitative estimate of drug-likeness (QED) is 0.610. The van der Waals surface area contributed by atoms with Gasteiger partial charge in [-0.1, -0.05) is 12.8 Å². The Balaban J connectivity index is 2.45. The maximum atomic E-state index is 11.3. The molecular weight excluding hydrogens is 210 g/mol. The predicted molar refractivity (Wildman–Crippen MR) is 58.8 cm³/mol. The van der Waals surface area contributed by atoms with Gasteiger partial charge >= 0.3 is 12.0 Å². The van der Waals surface area contributed by atoms with Crippen molar-refractivity contribution < 1.29 is 14.7 Å². The zero-order valence-corrected chi connectivity index (χ0v) is 9.75. The summed E-state index contributed by atoms with van der Waals surface area (Å²) in [4.78, 5) is 22.5. The Labute approximate surface area is 95.0 Å². The molecule has 0 heterocycles. The summed E-state index contributed by atoms with van der Waals surface area (Å²) in [6, 6.07) is -0.363. The van der Waals surface area contributed by atoms with E-state index >= 15 is 0 Å². The fourth-order valence-corrected chi connectivity index (χ4v) is 2.01. The van der Waals surface area contributed by atoms with Crippen LogP contribution >= 0.6 is 0 Å². The smallest absolute Gasteiger partial charge is 0.329 e. The molecule has 6 nitrogen and oxygen atoms in total. The number of hydrogen-bond donors (Lipinski definition) is 3. The van der Waals surface area contributed by atoms with Crippen molar-refractivity contribution in [3.8, 4) is 0 Å². The first-order chi connectivity index (χ1) is 7.46. The van der Waals surface area contributed by atoms with E-state index in [9.17, 15) is 14.7 Å². The third kappa shape index (κ3) is 3.10. The number of nitrogens with one attached hydrogen (secondary N) is 2. The highest BCUT2D eigenvalue weighted by Crippen LogP contribution is 2.37. The molecule has 2 amide bonds. The van der Waals surface area contributed by atoms with Gasteiger partial charge in [0, 0.05) is 20.6 Å². The Kier molecular flexibility index (Phi) is 4.12. The average Bonchev–Trinajstić information content (AvgIpc) is 2.63. The molecule has 3 N–H and O–H groups in total. The Morgan fingerprint density at radius 2 is 1.88 bits per heavy atom. The SMILES string of the molecule is CN(C)NC(=O)NCC1(C(=O)O)CCCC1. The van der Waals surface area contributed by atoms with Crippen molar-refractivity contribution in [2.45, 2.75) is 25.7 Å². The van der Waals surface area contributed by atoms with Gasteiger partial charge in [-0.3, -0.25) is 10.2 Å². The van der Waals surface area contributed by atoms with Crippen LogP contribution < -0.4 is 10.7 Å². The number of hydrazine groups is 1. The van der Waals surface area contributed by atoms with E-state index in [1.54, 1.807) is 14.1 Å². The van der Waals surface area contributed by atoms with Crippen molar-refractivity contribution in [3.05, 3.63) is 0 Å².